The molecule has 0 aliphatic heterocycles. The van der Waals surface area contributed by atoms with Crippen molar-refractivity contribution in [2.45, 2.75) is 6.92 Å². The molecular formula is C19H18ClN3O2S. The van der Waals surface area contributed by atoms with Crippen LogP contribution in [-0.2, 0) is 0 Å². The third kappa shape index (κ3) is 4.33. The molecule has 7 heteroatoms. The lowest BCUT2D eigenvalue weighted by Gasteiger charge is -2.11. The number of benzene rings is 2. The molecule has 1 heterocycles. The summed E-state index contributed by atoms with van der Waals surface area (Å²) in [5.74, 6) is 1.22. The maximum Gasteiger partial charge on any atom is 0.203 e. The Kier molecular flexibility index (Phi) is 6.09. The van der Waals surface area contributed by atoms with Crippen LogP contribution in [0.15, 0.2) is 52.9 Å². The Morgan fingerprint density at radius 2 is 2.04 bits per heavy atom. The molecule has 0 unspecified atom stereocenters. The molecule has 2 aromatic carbocycles. The summed E-state index contributed by atoms with van der Waals surface area (Å²) in [7, 11) is 1.58. The van der Waals surface area contributed by atoms with E-state index >= 15 is 0 Å². The van der Waals surface area contributed by atoms with Crippen LogP contribution in [0.4, 0.5) is 5.13 Å². The van der Waals surface area contributed by atoms with Gasteiger partial charge in [-0.25, -0.2) is 4.98 Å². The molecule has 0 saturated carbocycles. The topological polar surface area (TPSA) is 55.7 Å². The normalized spacial score (nSPS) is 10.9. The Balaban J connectivity index is 1.73. The van der Waals surface area contributed by atoms with Crippen LogP contribution >= 0.6 is 22.9 Å². The molecule has 134 valence electrons. The lowest BCUT2D eigenvalue weighted by Crippen LogP contribution is -1.98. The average molecular weight is 388 g/mol. The van der Waals surface area contributed by atoms with Crippen molar-refractivity contribution in [2.24, 2.45) is 5.10 Å². The molecule has 0 spiro atoms. The second kappa shape index (κ2) is 8.69. The van der Waals surface area contributed by atoms with E-state index < -0.39 is 0 Å². The number of halogens is 1. The standard InChI is InChI=1S/C19H18ClN3O2S/c1-3-25-18-9-14(15(20)10-17(18)24-2)11-21-23-19-22-16(12-26-19)13-7-5-4-6-8-13/h4-12H,3H2,1-2H3,(H,22,23). The summed E-state index contributed by atoms with van der Waals surface area (Å²) in [5, 5.41) is 7.45. The Bertz CT molecular complexity index is 897. The maximum atomic E-state index is 6.28. The van der Waals surface area contributed by atoms with E-state index in [0.717, 1.165) is 16.8 Å². The lowest BCUT2D eigenvalue weighted by atomic mass is 10.2. The molecule has 1 aromatic heterocycles. The van der Waals surface area contributed by atoms with Gasteiger partial charge in [-0.3, -0.25) is 5.43 Å². The van der Waals surface area contributed by atoms with E-state index in [1.165, 1.54) is 11.3 Å². The highest BCUT2D eigenvalue weighted by Crippen LogP contribution is 2.32. The summed E-state index contributed by atoms with van der Waals surface area (Å²) in [6.45, 7) is 2.45. The van der Waals surface area contributed by atoms with Gasteiger partial charge < -0.3 is 9.47 Å². The smallest absolute Gasteiger partial charge is 0.203 e. The first-order valence-corrected chi connectivity index (χ1v) is 9.27. The first-order valence-electron chi connectivity index (χ1n) is 8.01. The molecule has 3 aromatic rings. The van der Waals surface area contributed by atoms with E-state index in [2.05, 4.69) is 15.5 Å². The van der Waals surface area contributed by atoms with Crippen molar-refractivity contribution < 1.29 is 9.47 Å². The third-order valence-electron chi connectivity index (χ3n) is 3.52. The number of hydrazone groups is 1. The van der Waals surface area contributed by atoms with E-state index in [1.807, 2.05) is 42.6 Å². The van der Waals surface area contributed by atoms with Crippen LogP contribution in [0.25, 0.3) is 11.3 Å². The van der Waals surface area contributed by atoms with Crippen LogP contribution in [0.3, 0.4) is 0 Å². The second-order valence-corrected chi connectivity index (χ2v) is 6.50. The largest absolute Gasteiger partial charge is 0.493 e. The number of methoxy groups -OCH3 is 1. The van der Waals surface area contributed by atoms with Gasteiger partial charge in [-0.05, 0) is 13.0 Å². The van der Waals surface area contributed by atoms with Gasteiger partial charge in [-0.1, -0.05) is 41.9 Å². The number of hydrogen-bond acceptors (Lipinski definition) is 6. The zero-order chi connectivity index (χ0) is 18.4. The van der Waals surface area contributed by atoms with Gasteiger partial charge in [0.05, 0.1) is 30.6 Å². The Hall–Kier alpha value is -2.57. The van der Waals surface area contributed by atoms with Crippen molar-refractivity contribution in [3.63, 3.8) is 0 Å². The average Bonchev–Trinajstić information content (AvgIpc) is 3.14. The first-order chi connectivity index (χ1) is 12.7. The molecule has 0 aliphatic rings. The minimum absolute atomic E-state index is 0.528. The van der Waals surface area contributed by atoms with E-state index in [1.54, 1.807) is 25.5 Å². The van der Waals surface area contributed by atoms with E-state index in [4.69, 9.17) is 21.1 Å². The van der Waals surface area contributed by atoms with Gasteiger partial charge in [0.25, 0.3) is 0 Å². The SMILES string of the molecule is CCOc1cc(C=NNc2nc(-c3ccccc3)cs2)c(Cl)cc1OC. The molecule has 26 heavy (non-hydrogen) atoms. The van der Waals surface area contributed by atoms with Crippen LogP contribution in [0.1, 0.15) is 12.5 Å². The molecule has 0 atom stereocenters. The fourth-order valence-electron chi connectivity index (χ4n) is 2.30. The summed E-state index contributed by atoms with van der Waals surface area (Å²) < 4.78 is 10.8. The first kappa shape index (κ1) is 18.2. The summed E-state index contributed by atoms with van der Waals surface area (Å²) in [6.07, 6.45) is 1.63. The number of nitrogens with one attached hydrogen (secondary N) is 1. The molecule has 0 bridgehead atoms. The number of ether oxygens (including phenoxy) is 2. The van der Waals surface area contributed by atoms with Crippen LogP contribution in [0, 0.1) is 0 Å². The molecule has 3 rings (SSSR count). The van der Waals surface area contributed by atoms with Crippen molar-refractivity contribution in [1.29, 1.82) is 0 Å². The Morgan fingerprint density at radius 1 is 1.23 bits per heavy atom. The molecule has 0 fully saturated rings. The molecule has 0 saturated heterocycles. The molecule has 0 radical (unpaired) electrons. The maximum absolute atomic E-state index is 6.28. The zero-order valence-electron chi connectivity index (χ0n) is 14.4. The van der Waals surface area contributed by atoms with Crippen molar-refractivity contribution in [2.75, 3.05) is 19.1 Å². The highest BCUT2D eigenvalue weighted by Gasteiger charge is 2.09. The second-order valence-electron chi connectivity index (χ2n) is 5.23. The minimum Gasteiger partial charge on any atom is -0.493 e. The number of thiazole rings is 1. The number of hydrogen-bond donors (Lipinski definition) is 1. The van der Waals surface area contributed by atoms with Gasteiger partial charge in [0.2, 0.25) is 5.13 Å². The van der Waals surface area contributed by atoms with Crippen LogP contribution < -0.4 is 14.9 Å². The van der Waals surface area contributed by atoms with E-state index in [9.17, 15) is 0 Å². The summed E-state index contributed by atoms with van der Waals surface area (Å²) in [4.78, 5) is 4.52. The van der Waals surface area contributed by atoms with Crippen LogP contribution in [0.2, 0.25) is 5.02 Å². The molecular weight excluding hydrogens is 370 g/mol. The van der Waals surface area contributed by atoms with Crippen molar-refractivity contribution >= 4 is 34.3 Å². The number of anilines is 1. The number of aromatic nitrogens is 1. The summed E-state index contributed by atoms with van der Waals surface area (Å²) >= 11 is 7.77. The quantitative estimate of drug-likeness (QED) is 0.440. The lowest BCUT2D eigenvalue weighted by molar-refractivity contribution is 0.311. The van der Waals surface area contributed by atoms with E-state index in [-0.39, 0.29) is 0 Å². The predicted octanol–water partition coefficient (Wildman–Crippen LogP) is 5.32. The molecule has 1 N–H and O–H groups in total. The fourth-order valence-corrected chi connectivity index (χ4v) is 3.17. The number of rotatable bonds is 7. The third-order valence-corrected chi connectivity index (χ3v) is 4.59. The van der Waals surface area contributed by atoms with Crippen molar-refractivity contribution in [3.05, 3.63) is 58.4 Å². The van der Waals surface area contributed by atoms with Gasteiger partial charge in [0, 0.05) is 22.6 Å². The molecule has 5 nitrogen and oxygen atoms in total. The Labute approximate surface area is 161 Å². The summed E-state index contributed by atoms with van der Waals surface area (Å²) in [6, 6.07) is 13.5. The van der Waals surface area contributed by atoms with Gasteiger partial charge in [0.1, 0.15) is 0 Å². The summed E-state index contributed by atoms with van der Waals surface area (Å²) in [5.41, 5.74) is 5.64. The van der Waals surface area contributed by atoms with Crippen molar-refractivity contribution in [1.82, 2.24) is 4.98 Å². The number of nitrogens with zero attached hydrogens (tertiary/aromatic N) is 2. The highest BCUT2D eigenvalue weighted by atomic mass is 35.5. The monoisotopic (exact) mass is 387 g/mol. The minimum atomic E-state index is 0.528. The van der Waals surface area contributed by atoms with Crippen LogP contribution in [-0.4, -0.2) is 24.9 Å². The highest BCUT2D eigenvalue weighted by molar-refractivity contribution is 7.14. The van der Waals surface area contributed by atoms with Crippen LogP contribution in [0.5, 0.6) is 11.5 Å². The van der Waals surface area contributed by atoms with Gasteiger partial charge in [-0.2, -0.15) is 5.10 Å². The van der Waals surface area contributed by atoms with Gasteiger partial charge in [0.15, 0.2) is 11.5 Å². The van der Waals surface area contributed by atoms with E-state index in [0.29, 0.717) is 28.3 Å². The van der Waals surface area contributed by atoms with Gasteiger partial charge >= 0.3 is 0 Å². The van der Waals surface area contributed by atoms with Crippen molar-refractivity contribution in [3.8, 4) is 22.8 Å². The molecule has 0 aliphatic carbocycles. The fraction of sp³-hybridized carbons (Fsp3) is 0.158. The zero-order valence-corrected chi connectivity index (χ0v) is 16.0. The Morgan fingerprint density at radius 3 is 2.77 bits per heavy atom. The van der Waals surface area contributed by atoms with Gasteiger partial charge in [-0.15, -0.1) is 11.3 Å². The predicted molar refractivity (Wildman–Crippen MR) is 108 cm³/mol. The molecule has 0 amide bonds.